The van der Waals surface area contributed by atoms with Crippen LogP contribution < -0.4 is 14.4 Å². The molecule has 0 bridgehead atoms. The molecule has 0 atom stereocenters. The van der Waals surface area contributed by atoms with Crippen molar-refractivity contribution in [2.24, 2.45) is 0 Å². The summed E-state index contributed by atoms with van der Waals surface area (Å²) in [5, 5.41) is 4.36. The number of rotatable bonds is 5. The fourth-order valence-corrected chi connectivity index (χ4v) is 3.09. The molecule has 0 aliphatic heterocycles. The van der Waals surface area contributed by atoms with Gasteiger partial charge in [-0.05, 0) is 72.9 Å². The van der Waals surface area contributed by atoms with Crippen molar-refractivity contribution < 1.29 is 27.0 Å². The predicted octanol–water partition coefficient (Wildman–Crippen LogP) is 5.81. The molecule has 1 heterocycles. The van der Waals surface area contributed by atoms with E-state index in [-0.39, 0.29) is 16.9 Å². The fraction of sp³-hybridized carbons (Fsp3) is 0.0455. The molecular formula is C22H14F4N4O2S. The minimum atomic E-state index is -4.78. The number of hydrogen-bond acceptors (Lipinski definition) is 5. The molecule has 0 N–H and O–H groups in total. The molecule has 0 radical (unpaired) electrons. The van der Waals surface area contributed by atoms with Crippen LogP contribution in [0, 0.1) is 5.82 Å². The van der Waals surface area contributed by atoms with Crippen molar-refractivity contribution in [1.29, 1.82) is 0 Å². The first-order chi connectivity index (χ1) is 15.8. The van der Waals surface area contributed by atoms with Gasteiger partial charge in [-0.15, -0.1) is 18.3 Å². The number of anilines is 2. The van der Waals surface area contributed by atoms with E-state index in [0.717, 1.165) is 0 Å². The summed E-state index contributed by atoms with van der Waals surface area (Å²) in [6.45, 7) is 0. The van der Waals surface area contributed by atoms with Gasteiger partial charge in [-0.1, -0.05) is 18.2 Å². The van der Waals surface area contributed by atoms with Crippen molar-refractivity contribution in [2.45, 2.75) is 6.36 Å². The fourth-order valence-electron chi connectivity index (χ4n) is 2.81. The van der Waals surface area contributed by atoms with Gasteiger partial charge < -0.3 is 9.47 Å². The van der Waals surface area contributed by atoms with Crippen LogP contribution in [0.1, 0.15) is 0 Å². The summed E-state index contributed by atoms with van der Waals surface area (Å²) in [5.74, 6) is -0.294. The Morgan fingerprint density at radius 1 is 0.879 bits per heavy atom. The molecule has 0 fully saturated rings. The van der Waals surface area contributed by atoms with E-state index in [4.69, 9.17) is 17.0 Å². The van der Waals surface area contributed by atoms with Gasteiger partial charge in [0.25, 0.3) is 11.1 Å². The average molecular weight is 474 g/mol. The Hall–Kier alpha value is -3.99. The number of para-hydroxylation sites is 1. The van der Waals surface area contributed by atoms with Crippen LogP contribution in [0.3, 0.4) is 0 Å². The van der Waals surface area contributed by atoms with Crippen molar-refractivity contribution in [2.75, 3.05) is 4.90 Å². The van der Waals surface area contributed by atoms with Gasteiger partial charge in [-0.2, -0.15) is 4.98 Å². The number of alkyl halides is 3. The molecule has 0 aliphatic rings. The van der Waals surface area contributed by atoms with Gasteiger partial charge in [0.1, 0.15) is 23.6 Å². The molecule has 0 amide bonds. The molecule has 11 heteroatoms. The minimum absolute atomic E-state index is 0.0144. The number of hydrogen-bond donors (Lipinski definition) is 0. The third kappa shape index (κ3) is 5.63. The first-order valence-electron chi connectivity index (χ1n) is 9.39. The lowest BCUT2D eigenvalue weighted by Gasteiger charge is -2.21. The highest BCUT2D eigenvalue weighted by molar-refractivity contribution is 7.80. The summed E-state index contributed by atoms with van der Waals surface area (Å²) in [4.78, 5) is 5.74. The van der Waals surface area contributed by atoms with Crippen LogP contribution >= 0.6 is 12.2 Å². The van der Waals surface area contributed by atoms with Gasteiger partial charge in [0, 0.05) is 0 Å². The van der Waals surface area contributed by atoms with Crippen LogP contribution in [-0.2, 0) is 0 Å². The molecule has 4 rings (SSSR count). The highest BCUT2D eigenvalue weighted by Gasteiger charge is 2.31. The molecule has 0 saturated heterocycles. The zero-order valence-electron chi connectivity index (χ0n) is 16.6. The monoisotopic (exact) mass is 474 g/mol. The average Bonchev–Trinajstić information content (AvgIpc) is 3.25. The second-order valence-electron chi connectivity index (χ2n) is 6.52. The highest BCUT2D eigenvalue weighted by atomic mass is 32.1. The number of aromatic nitrogens is 3. The normalized spacial score (nSPS) is 11.2. The van der Waals surface area contributed by atoms with E-state index < -0.39 is 12.2 Å². The second-order valence-corrected chi connectivity index (χ2v) is 6.87. The minimum Gasteiger partial charge on any atom is -0.431 e. The lowest BCUT2D eigenvalue weighted by Crippen LogP contribution is -2.30. The van der Waals surface area contributed by atoms with Crippen molar-refractivity contribution >= 4 is 29.0 Å². The van der Waals surface area contributed by atoms with E-state index in [1.807, 2.05) is 6.07 Å². The quantitative estimate of drug-likeness (QED) is 0.269. The molecule has 4 aromatic rings. The Labute approximate surface area is 190 Å². The van der Waals surface area contributed by atoms with E-state index in [1.165, 1.54) is 64.4 Å². The Kier molecular flexibility index (Phi) is 6.22. The van der Waals surface area contributed by atoms with Crippen molar-refractivity contribution in [3.63, 3.8) is 0 Å². The Morgan fingerprint density at radius 2 is 1.52 bits per heavy atom. The summed E-state index contributed by atoms with van der Waals surface area (Å²) in [7, 11) is 0. The maximum absolute atomic E-state index is 13.2. The molecule has 1 aromatic heterocycles. The van der Waals surface area contributed by atoms with Crippen molar-refractivity contribution in [1.82, 2.24) is 14.8 Å². The molecule has 0 spiro atoms. The number of nitrogens with zero attached hydrogens (tertiary/aromatic N) is 4. The van der Waals surface area contributed by atoms with Crippen LogP contribution in [-0.4, -0.2) is 26.3 Å². The van der Waals surface area contributed by atoms with Gasteiger partial charge in [-0.25, -0.2) is 14.0 Å². The highest BCUT2D eigenvalue weighted by Crippen LogP contribution is 2.26. The summed E-state index contributed by atoms with van der Waals surface area (Å²) in [6.07, 6.45) is -3.40. The van der Waals surface area contributed by atoms with E-state index in [0.29, 0.717) is 17.1 Å². The van der Waals surface area contributed by atoms with Gasteiger partial charge in [-0.3, -0.25) is 0 Å². The lowest BCUT2D eigenvalue weighted by molar-refractivity contribution is -0.274. The predicted molar refractivity (Wildman–Crippen MR) is 116 cm³/mol. The van der Waals surface area contributed by atoms with Crippen molar-refractivity contribution in [3.05, 3.63) is 91.0 Å². The van der Waals surface area contributed by atoms with E-state index in [9.17, 15) is 17.6 Å². The smallest absolute Gasteiger partial charge is 0.431 e. The molecule has 3 aromatic carbocycles. The molecule has 0 aliphatic carbocycles. The summed E-state index contributed by atoms with van der Waals surface area (Å²) >= 11 is 5.45. The molecule has 6 nitrogen and oxygen atoms in total. The summed E-state index contributed by atoms with van der Waals surface area (Å²) in [6, 6.07) is 19.4. The number of ether oxygens (including phenoxy) is 2. The maximum Gasteiger partial charge on any atom is 0.573 e. The van der Waals surface area contributed by atoms with Crippen LogP contribution in [0.4, 0.5) is 29.2 Å². The molecule has 168 valence electrons. The van der Waals surface area contributed by atoms with Crippen molar-refractivity contribution in [3.8, 4) is 17.2 Å². The summed E-state index contributed by atoms with van der Waals surface area (Å²) in [5.41, 5.74) is 1.05. The van der Waals surface area contributed by atoms with Gasteiger partial charge in [0.15, 0.2) is 0 Å². The van der Waals surface area contributed by atoms with Crippen LogP contribution in [0.5, 0.6) is 11.5 Å². The zero-order chi connectivity index (χ0) is 23.4. The van der Waals surface area contributed by atoms with Crippen LogP contribution in [0.15, 0.2) is 85.2 Å². The lowest BCUT2D eigenvalue weighted by atomic mass is 10.3. The van der Waals surface area contributed by atoms with E-state index in [1.54, 1.807) is 24.3 Å². The van der Waals surface area contributed by atoms with Gasteiger partial charge >= 0.3 is 6.36 Å². The maximum atomic E-state index is 13.2. The number of benzene rings is 3. The first kappa shape index (κ1) is 22.2. The third-order valence-corrected chi connectivity index (χ3v) is 4.50. The second kappa shape index (κ2) is 9.25. The molecule has 0 unspecified atom stereocenters. The van der Waals surface area contributed by atoms with Gasteiger partial charge in [0.05, 0.1) is 11.4 Å². The third-order valence-electron chi connectivity index (χ3n) is 4.23. The Bertz CT molecular complexity index is 1230. The number of halogens is 4. The largest absolute Gasteiger partial charge is 0.573 e. The SMILES string of the molecule is Fc1ccc(OC(=S)N(c2ccccc2)c2ncn(-c3ccc(OC(F)(F)F)cc3)n2)cc1. The zero-order valence-corrected chi connectivity index (χ0v) is 17.4. The topological polar surface area (TPSA) is 52.4 Å². The van der Waals surface area contributed by atoms with Crippen LogP contribution in [0.2, 0.25) is 0 Å². The Morgan fingerprint density at radius 3 is 2.15 bits per heavy atom. The van der Waals surface area contributed by atoms with Crippen LogP contribution in [0.25, 0.3) is 5.69 Å². The standard InChI is InChI=1S/C22H14F4N4O2S/c23-15-6-10-18(11-7-15)31-21(33)30(17-4-2-1-3-5-17)20-27-14-29(28-20)16-8-12-19(13-9-16)32-22(24,25)26/h1-14H. The molecular weight excluding hydrogens is 460 g/mol. The molecule has 0 saturated carbocycles. The first-order valence-corrected chi connectivity index (χ1v) is 9.80. The Balaban J connectivity index is 1.61. The van der Waals surface area contributed by atoms with E-state index in [2.05, 4.69) is 14.8 Å². The summed E-state index contributed by atoms with van der Waals surface area (Å²) < 4.78 is 61.3. The number of thiocarbonyl (C=S) groups is 1. The van der Waals surface area contributed by atoms with E-state index >= 15 is 0 Å². The molecule has 33 heavy (non-hydrogen) atoms. The van der Waals surface area contributed by atoms with Gasteiger partial charge in [0.2, 0.25) is 0 Å².